The van der Waals surface area contributed by atoms with Gasteiger partial charge in [-0.2, -0.15) is 0 Å². The van der Waals surface area contributed by atoms with Crippen molar-refractivity contribution < 1.29 is 13.9 Å². The van der Waals surface area contributed by atoms with Crippen molar-refractivity contribution in [2.75, 3.05) is 7.11 Å². The number of ether oxygens (including phenoxy) is 2. The molecular weight excluding hydrogens is 391 g/mol. The molecule has 0 aliphatic carbocycles. The Labute approximate surface area is 134 Å². The minimum Gasteiger partial charge on any atom is -0.497 e. The zero-order valence-electron chi connectivity index (χ0n) is 10.8. The molecule has 0 unspecified atom stereocenters. The predicted octanol–water partition coefficient (Wildman–Crippen LogP) is 5.07. The number of methoxy groups -OCH3 is 1. The Morgan fingerprint density at radius 3 is 2.55 bits per heavy atom. The lowest BCUT2D eigenvalue weighted by Gasteiger charge is -2.10. The van der Waals surface area contributed by atoms with Crippen molar-refractivity contribution in [3.63, 3.8) is 0 Å². The molecule has 2 rings (SSSR count). The summed E-state index contributed by atoms with van der Waals surface area (Å²) >= 11 is 6.84. The van der Waals surface area contributed by atoms with Crippen molar-refractivity contribution in [3.05, 3.63) is 57.8 Å². The molecule has 0 radical (unpaired) electrons. The molecule has 0 fully saturated rings. The minimum atomic E-state index is -0.336. The lowest BCUT2D eigenvalue weighted by molar-refractivity contribution is 0.297. The Kier molecular flexibility index (Phi) is 5.43. The molecule has 0 bridgehead atoms. The zero-order valence-corrected chi connectivity index (χ0v) is 14.0. The highest BCUT2D eigenvalue weighted by molar-refractivity contribution is 9.10. The van der Waals surface area contributed by atoms with E-state index in [2.05, 4.69) is 31.9 Å². The summed E-state index contributed by atoms with van der Waals surface area (Å²) in [5, 5.41) is 0.777. The zero-order chi connectivity index (χ0) is 14.5. The van der Waals surface area contributed by atoms with Crippen LogP contribution in [-0.4, -0.2) is 7.11 Å². The summed E-state index contributed by atoms with van der Waals surface area (Å²) in [6.07, 6.45) is 0. The predicted molar refractivity (Wildman–Crippen MR) is 84.1 cm³/mol. The SMILES string of the molecule is COc1ccc(COc2ccc(CBr)cc2Br)c(F)c1. The minimum absolute atomic E-state index is 0.169. The number of hydrogen-bond acceptors (Lipinski definition) is 2. The van der Waals surface area contributed by atoms with Gasteiger partial charge in [0.2, 0.25) is 0 Å². The molecule has 0 aliphatic heterocycles. The van der Waals surface area contributed by atoms with Gasteiger partial charge in [-0.3, -0.25) is 0 Å². The highest BCUT2D eigenvalue weighted by Crippen LogP contribution is 2.28. The van der Waals surface area contributed by atoms with E-state index in [1.54, 1.807) is 12.1 Å². The summed E-state index contributed by atoms with van der Waals surface area (Å²) in [5.74, 6) is 0.844. The summed E-state index contributed by atoms with van der Waals surface area (Å²) in [7, 11) is 1.51. The van der Waals surface area contributed by atoms with Gasteiger partial charge in [0.25, 0.3) is 0 Å². The second-order valence-electron chi connectivity index (χ2n) is 4.14. The van der Waals surface area contributed by atoms with E-state index in [4.69, 9.17) is 9.47 Å². The van der Waals surface area contributed by atoms with Crippen LogP contribution in [0.15, 0.2) is 40.9 Å². The number of rotatable bonds is 5. The third kappa shape index (κ3) is 3.73. The molecule has 106 valence electrons. The topological polar surface area (TPSA) is 18.5 Å². The summed E-state index contributed by atoms with van der Waals surface area (Å²) in [5.41, 5.74) is 1.63. The van der Waals surface area contributed by atoms with Gasteiger partial charge >= 0.3 is 0 Å². The highest BCUT2D eigenvalue weighted by atomic mass is 79.9. The molecule has 0 aromatic heterocycles. The smallest absolute Gasteiger partial charge is 0.134 e. The molecule has 2 aromatic rings. The summed E-state index contributed by atoms with van der Waals surface area (Å²) in [6, 6.07) is 10.5. The highest BCUT2D eigenvalue weighted by Gasteiger charge is 2.07. The van der Waals surface area contributed by atoms with Gasteiger partial charge in [-0.15, -0.1) is 0 Å². The average Bonchev–Trinajstić information content (AvgIpc) is 2.46. The van der Waals surface area contributed by atoms with E-state index >= 15 is 0 Å². The van der Waals surface area contributed by atoms with Crippen LogP contribution >= 0.6 is 31.9 Å². The monoisotopic (exact) mass is 402 g/mol. The van der Waals surface area contributed by atoms with Crippen molar-refractivity contribution in [2.24, 2.45) is 0 Å². The van der Waals surface area contributed by atoms with Crippen molar-refractivity contribution in [2.45, 2.75) is 11.9 Å². The van der Waals surface area contributed by atoms with Crippen LogP contribution in [0.25, 0.3) is 0 Å². The molecular formula is C15H13Br2FO2. The fourth-order valence-corrected chi connectivity index (χ4v) is 2.56. The van der Waals surface area contributed by atoms with Crippen molar-refractivity contribution in [3.8, 4) is 11.5 Å². The standard InChI is InChI=1S/C15H13Br2FO2/c1-19-12-4-3-11(14(18)7-12)9-20-15-5-2-10(8-16)6-13(15)17/h2-7H,8-9H2,1H3. The second-order valence-corrected chi connectivity index (χ2v) is 5.56. The van der Waals surface area contributed by atoms with Gasteiger partial charge < -0.3 is 9.47 Å². The Hall–Kier alpha value is -1.07. The third-order valence-corrected chi connectivity index (χ3v) is 4.06. The Morgan fingerprint density at radius 1 is 1.15 bits per heavy atom. The van der Waals surface area contributed by atoms with Gasteiger partial charge in [0.05, 0.1) is 11.6 Å². The Bertz CT molecular complexity index is 549. The first-order valence-corrected chi connectivity index (χ1v) is 7.85. The maximum atomic E-state index is 13.8. The fraction of sp³-hybridized carbons (Fsp3) is 0.200. The molecule has 2 nitrogen and oxygen atoms in total. The molecule has 0 saturated heterocycles. The van der Waals surface area contributed by atoms with Gasteiger partial charge in [0.1, 0.15) is 23.9 Å². The first-order chi connectivity index (χ1) is 9.63. The van der Waals surface area contributed by atoms with Gasteiger partial charge in [-0.1, -0.05) is 22.0 Å². The van der Waals surface area contributed by atoms with Crippen LogP contribution in [0, 0.1) is 5.82 Å². The lowest BCUT2D eigenvalue weighted by atomic mass is 10.2. The van der Waals surface area contributed by atoms with E-state index in [9.17, 15) is 4.39 Å². The maximum Gasteiger partial charge on any atom is 0.134 e. The Morgan fingerprint density at radius 2 is 1.95 bits per heavy atom. The van der Waals surface area contributed by atoms with Crippen molar-refractivity contribution in [1.82, 2.24) is 0 Å². The Balaban J connectivity index is 2.09. The average molecular weight is 404 g/mol. The molecule has 0 N–H and O–H groups in total. The maximum absolute atomic E-state index is 13.8. The fourth-order valence-electron chi connectivity index (χ4n) is 1.67. The largest absolute Gasteiger partial charge is 0.497 e. The normalized spacial score (nSPS) is 10.4. The first kappa shape index (κ1) is 15.3. The van der Waals surface area contributed by atoms with Crippen molar-refractivity contribution >= 4 is 31.9 Å². The summed E-state index contributed by atoms with van der Waals surface area (Å²) in [4.78, 5) is 0. The number of alkyl halides is 1. The van der Waals surface area contributed by atoms with E-state index < -0.39 is 0 Å². The van der Waals surface area contributed by atoms with E-state index in [1.165, 1.54) is 13.2 Å². The first-order valence-electron chi connectivity index (χ1n) is 5.93. The number of benzene rings is 2. The van der Waals surface area contributed by atoms with Crippen LogP contribution in [0.4, 0.5) is 4.39 Å². The third-order valence-electron chi connectivity index (χ3n) is 2.79. The van der Waals surface area contributed by atoms with Crippen LogP contribution in [0.2, 0.25) is 0 Å². The van der Waals surface area contributed by atoms with Crippen LogP contribution in [0.1, 0.15) is 11.1 Å². The van der Waals surface area contributed by atoms with Crippen LogP contribution in [-0.2, 0) is 11.9 Å². The van der Waals surface area contributed by atoms with Gasteiger partial charge in [0.15, 0.2) is 0 Å². The molecule has 0 spiro atoms. The van der Waals surface area contributed by atoms with Gasteiger partial charge in [-0.05, 0) is 45.8 Å². The van der Waals surface area contributed by atoms with E-state index in [1.807, 2.05) is 18.2 Å². The molecule has 20 heavy (non-hydrogen) atoms. The van der Waals surface area contributed by atoms with E-state index in [0.717, 1.165) is 15.4 Å². The second kappa shape index (κ2) is 7.09. The van der Waals surface area contributed by atoms with E-state index in [0.29, 0.717) is 17.1 Å². The van der Waals surface area contributed by atoms with Gasteiger partial charge in [-0.25, -0.2) is 4.39 Å². The summed E-state index contributed by atoms with van der Waals surface area (Å²) < 4.78 is 25.2. The molecule has 0 atom stereocenters. The van der Waals surface area contributed by atoms with E-state index in [-0.39, 0.29) is 12.4 Å². The summed E-state index contributed by atoms with van der Waals surface area (Å²) in [6.45, 7) is 0.169. The number of hydrogen-bond donors (Lipinski definition) is 0. The molecule has 0 aliphatic rings. The number of halogens is 3. The molecule has 5 heteroatoms. The van der Waals surface area contributed by atoms with Crippen LogP contribution < -0.4 is 9.47 Å². The van der Waals surface area contributed by atoms with Crippen LogP contribution in [0.5, 0.6) is 11.5 Å². The molecule has 0 heterocycles. The van der Waals surface area contributed by atoms with Crippen LogP contribution in [0.3, 0.4) is 0 Å². The molecule has 0 amide bonds. The van der Waals surface area contributed by atoms with Crippen molar-refractivity contribution in [1.29, 1.82) is 0 Å². The van der Waals surface area contributed by atoms with Gasteiger partial charge in [0, 0.05) is 17.0 Å². The molecule has 0 saturated carbocycles. The molecule has 2 aromatic carbocycles. The lowest BCUT2D eigenvalue weighted by Crippen LogP contribution is -1.99. The quantitative estimate of drug-likeness (QED) is 0.648.